The molecule has 1 aromatic heterocycles. The van der Waals surface area contributed by atoms with Gasteiger partial charge in [0.2, 0.25) is 15.9 Å². The SMILES string of the molecule is CC(=O)N1CCCc2cc(S(=O)(=O)N3CCN(C(=O)c4ccco4)CC3)ccc21. The first-order valence-corrected chi connectivity index (χ1v) is 11.1. The van der Waals surface area contributed by atoms with Gasteiger partial charge in [0.25, 0.3) is 5.91 Å². The lowest BCUT2D eigenvalue weighted by atomic mass is 10.0. The molecule has 0 bridgehead atoms. The van der Waals surface area contributed by atoms with Gasteiger partial charge >= 0.3 is 0 Å². The Kier molecular flexibility index (Phi) is 5.18. The number of furan rings is 1. The van der Waals surface area contributed by atoms with E-state index in [-0.39, 0.29) is 35.6 Å². The zero-order valence-electron chi connectivity index (χ0n) is 16.2. The second-order valence-corrected chi connectivity index (χ2v) is 9.18. The van der Waals surface area contributed by atoms with Gasteiger partial charge in [0.15, 0.2) is 5.76 Å². The first-order chi connectivity index (χ1) is 13.9. The Bertz CT molecular complexity index is 1020. The number of benzene rings is 1. The van der Waals surface area contributed by atoms with Crippen LogP contribution in [0.1, 0.15) is 29.5 Å². The molecule has 1 aromatic carbocycles. The molecule has 0 saturated carbocycles. The van der Waals surface area contributed by atoms with Crippen LogP contribution in [0.3, 0.4) is 0 Å². The smallest absolute Gasteiger partial charge is 0.289 e. The fourth-order valence-electron chi connectivity index (χ4n) is 3.90. The maximum atomic E-state index is 13.1. The first kappa shape index (κ1) is 19.7. The summed E-state index contributed by atoms with van der Waals surface area (Å²) in [5.41, 5.74) is 1.66. The van der Waals surface area contributed by atoms with E-state index in [9.17, 15) is 18.0 Å². The van der Waals surface area contributed by atoms with Crippen molar-refractivity contribution < 1.29 is 22.4 Å². The normalized spacial score (nSPS) is 17.8. The molecule has 2 aliphatic heterocycles. The Morgan fingerprint density at radius 1 is 1.03 bits per heavy atom. The van der Waals surface area contributed by atoms with Gasteiger partial charge < -0.3 is 14.2 Å². The summed E-state index contributed by atoms with van der Waals surface area (Å²) in [5, 5.41) is 0. The Hall–Kier alpha value is -2.65. The van der Waals surface area contributed by atoms with E-state index in [1.54, 1.807) is 40.1 Å². The van der Waals surface area contributed by atoms with Crippen molar-refractivity contribution in [3.05, 3.63) is 47.9 Å². The molecule has 9 heteroatoms. The van der Waals surface area contributed by atoms with Crippen molar-refractivity contribution in [2.45, 2.75) is 24.7 Å². The standard InChI is InChI=1S/C20H23N3O5S/c1-15(24)23-8-2-4-16-14-17(6-7-18(16)23)29(26,27)22-11-9-21(10-12-22)20(25)19-5-3-13-28-19/h3,5-7,13-14H,2,4,8-12H2,1H3. The van der Waals surface area contributed by atoms with Crippen LogP contribution in [0.5, 0.6) is 0 Å². The lowest BCUT2D eigenvalue weighted by Crippen LogP contribution is -2.50. The predicted molar refractivity (Wildman–Crippen MR) is 106 cm³/mol. The Morgan fingerprint density at radius 2 is 1.79 bits per heavy atom. The minimum absolute atomic E-state index is 0.0427. The number of aryl methyl sites for hydroxylation is 1. The lowest BCUT2D eigenvalue weighted by molar-refractivity contribution is -0.116. The molecule has 0 N–H and O–H groups in total. The number of sulfonamides is 1. The van der Waals surface area contributed by atoms with Crippen molar-refractivity contribution >= 4 is 27.5 Å². The summed E-state index contributed by atoms with van der Waals surface area (Å²) < 4.78 is 32.8. The second-order valence-electron chi connectivity index (χ2n) is 7.24. The molecule has 0 aliphatic carbocycles. The van der Waals surface area contributed by atoms with E-state index in [1.165, 1.54) is 17.5 Å². The predicted octanol–water partition coefficient (Wildman–Crippen LogP) is 1.73. The molecule has 1 fully saturated rings. The average Bonchev–Trinajstić information content (AvgIpc) is 3.27. The number of rotatable bonds is 3. The van der Waals surface area contributed by atoms with Crippen LogP contribution in [-0.4, -0.2) is 62.2 Å². The number of hydrogen-bond donors (Lipinski definition) is 0. The van der Waals surface area contributed by atoms with E-state index < -0.39 is 10.0 Å². The largest absolute Gasteiger partial charge is 0.459 e. The molecule has 3 heterocycles. The summed E-state index contributed by atoms with van der Waals surface area (Å²) in [6, 6.07) is 8.22. The third-order valence-corrected chi connectivity index (χ3v) is 7.34. The van der Waals surface area contributed by atoms with Crippen LogP contribution >= 0.6 is 0 Å². The number of hydrogen-bond acceptors (Lipinski definition) is 5. The van der Waals surface area contributed by atoms with Crippen molar-refractivity contribution in [2.75, 3.05) is 37.6 Å². The van der Waals surface area contributed by atoms with Crippen LogP contribution in [0.15, 0.2) is 45.9 Å². The maximum absolute atomic E-state index is 13.1. The highest BCUT2D eigenvalue weighted by Crippen LogP contribution is 2.30. The van der Waals surface area contributed by atoms with Crippen molar-refractivity contribution in [2.24, 2.45) is 0 Å². The summed E-state index contributed by atoms with van der Waals surface area (Å²) >= 11 is 0. The van der Waals surface area contributed by atoms with Crippen LogP contribution in [0, 0.1) is 0 Å². The zero-order valence-corrected chi connectivity index (χ0v) is 17.0. The fraction of sp³-hybridized carbons (Fsp3) is 0.400. The number of fused-ring (bicyclic) bond motifs is 1. The zero-order chi connectivity index (χ0) is 20.6. The fourth-order valence-corrected chi connectivity index (χ4v) is 5.37. The molecular weight excluding hydrogens is 394 g/mol. The van der Waals surface area contributed by atoms with E-state index in [4.69, 9.17) is 4.42 Å². The average molecular weight is 417 g/mol. The van der Waals surface area contributed by atoms with Gasteiger partial charge in [-0.15, -0.1) is 0 Å². The number of nitrogens with zero attached hydrogens (tertiary/aromatic N) is 3. The topological polar surface area (TPSA) is 91.1 Å². The van der Waals surface area contributed by atoms with E-state index in [0.29, 0.717) is 19.6 Å². The lowest BCUT2D eigenvalue weighted by Gasteiger charge is -2.34. The molecule has 2 aromatic rings. The van der Waals surface area contributed by atoms with Crippen molar-refractivity contribution in [1.82, 2.24) is 9.21 Å². The second kappa shape index (κ2) is 7.64. The molecule has 154 valence electrons. The number of amides is 2. The van der Waals surface area contributed by atoms with E-state index >= 15 is 0 Å². The molecule has 1 saturated heterocycles. The van der Waals surface area contributed by atoms with Crippen molar-refractivity contribution in [3.63, 3.8) is 0 Å². The van der Waals surface area contributed by atoms with Gasteiger partial charge in [-0.05, 0) is 48.7 Å². The van der Waals surface area contributed by atoms with Crippen LogP contribution in [-0.2, 0) is 21.2 Å². The summed E-state index contributed by atoms with van der Waals surface area (Å²) in [5.74, 6) is -0.0184. The number of anilines is 1. The van der Waals surface area contributed by atoms with Crippen molar-refractivity contribution in [3.8, 4) is 0 Å². The van der Waals surface area contributed by atoms with E-state index in [0.717, 1.165) is 24.1 Å². The minimum atomic E-state index is -3.67. The van der Waals surface area contributed by atoms with Crippen LogP contribution in [0.25, 0.3) is 0 Å². The van der Waals surface area contributed by atoms with Crippen LogP contribution in [0.2, 0.25) is 0 Å². The summed E-state index contributed by atoms with van der Waals surface area (Å²) in [4.78, 5) is 27.7. The number of carbonyl (C=O) groups is 2. The molecule has 2 amide bonds. The highest BCUT2D eigenvalue weighted by molar-refractivity contribution is 7.89. The monoisotopic (exact) mass is 417 g/mol. The Labute approximate surface area is 169 Å². The molecule has 29 heavy (non-hydrogen) atoms. The molecular formula is C20H23N3O5S. The van der Waals surface area contributed by atoms with Gasteiger partial charge in [-0.2, -0.15) is 4.31 Å². The molecule has 0 atom stereocenters. The number of piperazine rings is 1. The summed E-state index contributed by atoms with van der Waals surface area (Å²) in [6.45, 7) is 3.24. The Morgan fingerprint density at radius 3 is 2.45 bits per heavy atom. The molecule has 2 aliphatic rings. The van der Waals surface area contributed by atoms with Crippen molar-refractivity contribution in [1.29, 1.82) is 0 Å². The molecule has 8 nitrogen and oxygen atoms in total. The third kappa shape index (κ3) is 3.67. The Balaban J connectivity index is 1.50. The maximum Gasteiger partial charge on any atom is 0.289 e. The summed E-state index contributed by atoms with van der Waals surface area (Å²) in [7, 11) is -3.67. The van der Waals surface area contributed by atoms with Crippen LogP contribution < -0.4 is 4.90 Å². The van der Waals surface area contributed by atoms with E-state index in [2.05, 4.69) is 0 Å². The quantitative estimate of drug-likeness (QED) is 0.759. The highest BCUT2D eigenvalue weighted by Gasteiger charge is 2.32. The van der Waals surface area contributed by atoms with Gasteiger partial charge in [-0.1, -0.05) is 0 Å². The van der Waals surface area contributed by atoms with Gasteiger partial charge in [-0.3, -0.25) is 9.59 Å². The molecule has 0 spiro atoms. The van der Waals surface area contributed by atoms with Gasteiger partial charge in [0, 0.05) is 45.3 Å². The van der Waals surface area contributed by atoms with Gasteiger partial charge in [0.1, 0.15) is 0 Å². The molecule has 0 unspecified atom stereocenters. The molecule has 0 radical (unpaired) electrons. The molecule has 4 rings (SSSR count). The van der Waals surface area contributed by atoms with E-state index in [1.807, 2.05) is 0 Å². The van der Waals surface area contributed by atoms with Crippen LogP contribution in [0.4, 0.5) is 5.69 Å². The first-order valence-electron chi connectivity index (χ1n) is 9.62. The van der Waals surface area contributed by atoms with Gasteiger partial charge in [0.05, 0.1) is 11.2 Å². The summed E-state index contributed by atoms with van der Waals surface area (Å²) in [6.07, 6.45) is 2.99. The van der Waals surface area contributed by atoms with Gasteiger partial charge in [-0.25, -0.2) is 8.42 Å². The third-order valence-electron chi connectivity index (χ3n) is 5.45. The number of carbonyl (C=O) groups excluding carboxylic acids is 2. The minimum Gasteiger partial charge on any atom is -0.459 e. The highest BCUT2D eigenvalue weighted by atomic mass is 32.2.